The molecule has 10 nitrogen and oxygen atoms in total. The van der Waals surface area contributed by atoms with Crippen LogP contribution in [0.5, 0.6) is 0 Å². The van der Waals surface area contributed by atoms with Crippen LogP contribution in [-0.2, 0) is 5.54 Å². The second kappa shape index (κ2) is 10.2. The van der Waals surface area contributed by atoms with E-state index in [4.69, 9.17) is 27.7 Å². The maximum absolute atomic E-state index is 9.03. The van der Waals surface area contributed by atoms with Gasteiger partial charge in [-0.15, -0.1) is 0 Å². The molecule has 0 bridgehead atoms. The Hall–Kier alpha value is -3.07. The van der Waals surface area contributed by atoms with Crippen molar-refractivity contribution in [1.82, 2.24) is 10.9 Å². The second-order valence-electron chi connectivity index (χ2n) is 7.89. The van der Waals surface area contributed by atoms with Gasteiger partial charge in [-0.1, -0.05) is 52.2 Å². The average Bonchev–Trinajstić information content (AvgIpc) is 2.85. The van der Waals surface area contributed by atoms with Gasteiger partial charge in [0.1, 0.15) is 5.84 Å². The zero-order valence-electron chi connectivity index (χ0n) is 17.8. The summed E-state index contributed by atoms with van der Waals surface area (Å²) in [5.41, 5.74) is 25.7. The van der Waals surface area contributed by atoms with Crippen molar-refractivity contribution in [3.05, 3.63) is 80.0 Å². The van der Waals surface area contributed by atoms with Crippen LogP contribution in [0.4, 0.5) is 11.4 Å². The lowest BCUT2D eigenvalue weighted by molar-refractivity contribution is 0.325. The number of fused-ring (bicyclic) bond motifs is 1. The number of azide groups is 2. The summed E-state index contributed by atoms with van der Waals surface area (Å²) >= 11 is 8.43. The minimum Gasteiger partial charge on any atom is -0.371 e. The Morgan fingerprint density at radius 1 is 1.06 bits per heavy atom. The van der Waals surface area contributed by atoms with Crippen molar-refractivity contribution in [3.8, 4) is 0 Å². The van der Waals surface area contributed by atoms with E-state index in [1.807, 2.05) is 54.2 Å². The van der Waals surface area contributed by atoms with Crippen LogP contribution in [0.1, 0.15) is 18.4 Å². The lowest BCUT2D eigenvalue weighted by Crippen LogP contribution is -2.63. The SMILES string of the molecule is [N-]=[N+]=NCC(CN=[N+]=[N-])(NNC1=Nc2ccccc2NC12CCSCC2)c1ccccc1Cl. The average molecular weight is 483 g/mol. The summed E-state index contributed by atoms with van der Waals surface area (Å²) in [6.45, 7) is -0.0567. The highest BCUT2D eigenvalue weighted by molar-refractivity contribution is 7.99. The summed E-state index contributed by atoms with van der Waals surface area (Å²) in [5.74, 6) is 2.74. The molecule has 3 N–H and O–H groups in total. The molecule has 0 saturated carbocycles. The third kappa shape index (κ3) is 4.83. The van der Waals surface area contributed by atoms with Gasteiger partial charge in [0.05, 0.1) is 35.5 Å². The highest BCUT2D eigenvalue weighted by Crippen LogP contribution is 2.39. The molecule has 4 rings (SSSR count). The largest absolute Gasteiger partial charge is 0.371 e. The second-order valence-corrected chi connectivity index (χ2v) is 9.52. The fourth-order valence-electron chi connectivity index (χ4n) is 4.15. The van der Waals surface area contributed by atoms with Gasteiger partial charge < -0.3 is 10.7 Å². The minimum absolute atomic E-state index is 0.0284. The van der Waals surface area contributed by atoms with Crippen LogP contribution in [0.25, 0.3) is 20.9 Å². The van der Waals surface area contributed by atoms with Gasteiger partial charge in [-0.2, -0.15) is 11.8 Å². The molecular formula is C21H23ClN10S. The van der Waals surface area contributed by atoms with E-state index < -0.39 is 5.54 Å². The molecule has 1 fully saturated rings. The molecular weight excluding hydrogens is 460 g/mol. The number of anilines is 1. The number of halogens is 1. The fourth-order valence-corrected chi connectivity index (χ4v) is 5.66. The molecule has 1 spiro atoms. The summed E-state index contributed by atoms with van der Waals surface area (Å²) in [4.78, 5) is 10.8. The van der Waals surface area contributed by atoms with Crippen LogP contribution in [-0.4, -0.2) is 36.0 Å². The Kier molecular flexibility index (Phi) is 7.17. The molecule has 2 aliphatic heterocycles. The molecule has 2 aromatic carbocycles. The fraction of sp³-hybridized carbons (Fsp3) is 0.381. The molecule has 2 aliphatic rings. The Morgan fingerprint density at radius 3 is 2.42 bits per heavy atom. The van der Waals surface area contributed by atoms with Crippen molar-refractivity contribution in [2.75, 3.05) is 29.9 Å². The number of rotatable bonds is 7. The van der Waals surface area contributed by atoms with Gasteiger partial charge in [0.25, 0.3) is 0 Å². The summed E-state index contributed by atoms with van der Waals surface area (Å²) in [6.07, 6.45) is 1.79. The van der Waals surface area contributed by atoms with Crippen LogP contribution >= 0.6 is 23.4 Å². The number of thioether (sulfide) groups is 1. The van der Waals surface area contributed by atoms with Gasteiger partial charge in [-0.3, -0.25) is 0 Å². The number of amidine groups is 1. The van der Waals surface area contributed by atoms with Crippen molar-refractivity contribution in [2.45, 2.75) is 23.9 Å². The highest BCUT2D eigenvalue weighted by Gasteiger charge is 2.42. The first kappa shape index (κ1) is 23.1. The van der Waals surface area contributed by atoms with Crippen molar-refractivity contribution in [1.29, 1.82) is 0 Å². The molecule has 1 saturated heterocycles. The number of hydrogen-bond acceptors (Lipinski definition) is 7. The molecule has 0 aliphatic carbocycles. The van der Waals surface area contributed by atoms with Crippen LogP contribution in [0.15, 0.2) is 63.8 Å². The van der Waals surface area contributed by atoms with Crippen LogP contribution in [0.3, 0.4) is 0 Å². The van der Waals surface area contributed by atoms with Gasteiger partial charge in [-0.05, 0) is 59.2 Å². The monoisotopic (exact) mass is 482 g/mol. The first-order valence-corrected chi connectivity index (χ1v) is 12.0. The van der Waals surface area contributed by atoms with Crippen molar-refractivity contribution in [2.24, 2.45) is 15.2 Å². The van der Waals surface area contributed by atoms with E-state index in [0.717, 1.165) is 41.6 Å². The lowest BCUT2D eigenvalue weighted by Gasteiger charge is -2.44. The lowest BCUT2D eigenvalue weighted by atomic mass is 9.88. The number of hydrazine groups is 1. The first-order valence-electron chi connectivity index (χ1n) is 10.5. The molecule has 0 atom stereocenters. The van der Waals surface area contributed by atoms with E-state index in [1.165, 1.54) is 0 Å². The van der Waals surface area contributed by atoms with E-state index in [0.29, 0.717) is 10.6 Å². The van der Waals surface area contributed by atoms with Gasteiger partial charge in [0.15, 0.2) is 0 Å². The number of nitrogens with zero attached hydrogens (tertiary/aromatic N) is 7. The maximum atomic E-state index is 9.03. The molecule has 0 radical (unpaired) electrons. The van der Waals surface area contributed by atoms with Crippen LogP contribution in [0, 0.1) is 0 Å². The number of hydrogen-bond donors (Lipinski definition) is 3. The molecule has 0 unspecified atom stereocenters. The Labute approximate surface area is 200 Å². The van der Waals surface area contributed by atoms with Crippen LogP contribution < -0.4 is 16.2 Å². The molecule has 33 heavy (non-hydrogen) atoms. The number of aliphatic imine (C=N–C) groups is 1. The highest BCUT2D eigenvalue weighted by atomic mass is 35.5. The number of para-hydroxylation sites is 2. The molecule has 2 heterocycles. The van der Waals surface area contributed by atoms with E-state index in [-0.39, 0.29) is 18.6 Å². The van der Waals surface area contributed by atoms with Gasteiger partial charge in [0, 0.05) is 14.8 Å². The molecule has 2 aromatic rings. The summed E-state index contributed by atoms with van der Waals surface area (Å²) in [6, 6.07) is 15.1. The molecule has 12 heteroatoms. The molecule has 0 amide bonds. The zero-order chi connectivity index (χ0) is 23.2. The van der Waals surface area contributed by atoms with Crippen LogP contribution in [0.2, 0.25) is 5.02 Å². The summed E-state index contributed by atoms with van der Waals surface area (Å²) in [5, 5.41) is 11.8. The summed E-state index contributed by atoms with van der Waals surface area (Å²) in [7, 11) is 0. The summed E-state index contributed by atoms with van der Waals surface area (Å²) < 4.78 is 0. The normalized spacial score (nSPS) is 17.9. The zero-order valence-corrected chi connectivity index (χ0v) is 19.4. The van der Waals surface area contributed by atoms with Crippen molar-refractivity contribution < 1.29 is 0 Å². The quantitative estimate of drug-likeness (QED) is 0.202. The van der Waals surface area contributed by atoms with E-state index in [9.17, 15) is 0 Å². The Balaban J connectivity index is 1.74. The number of benzene rings is 2. The van der Waals surface area contributed by atoms with E-state index >= 15 is 0 Å². The topological polar surface area (TPSA) is 146 Å². The predicted molar refractivity (Wildman–Crippen MR) is 134 cm³/mol. The van der Waals surface area contributed by atoms with E-state index in [1.54, 1.807) is 6.07 Å². The number of nitrogens with one attached hydrogen (secondary N) is 3. The van der Waals surface area contributed by atoms with E-state index in [2.05, 4.69) is 36.2 Å². The third-order valence-corrected chi connectivity index (χ3v) is 7.24. The van der Waals surface area contributed by atoms with Crippen molar-refractivity contribution >= 4 is 40.6 Å². The van der Waals surface area contributed by atoms with Crippen molar-refractivity contribution in [3.63, 3.8) is 0 Å². The smallest absolute Gasteiger partial charge is 0.142 e. The maximum Gasteiger partial charge on any atom is 0.142 e. The Bertz CT molecular complexity index is 1110. The van der Waals surface area contributed by atoms with Gasteiger partial charge >= 0.3 is 0 Å². The molecule has 170 valence electrons. The molecule has 0 aromatic heterocycles. The predicted octanol–water partition coefficient (Wildman–Crippen LogP) is 5.67. The van der Waals surface area contributed by atoms with Gasteiger partial charge in [0.2, 0.25) is 0 Å². The Morgan fingerprint density at radius 2 is 1.73 bits per heavy atom. The third-order valence-electron chi connectivity index (χ3n) is 5.93. The standard InChI is InChI=1S/C21H23ClN10S/c22-16-6-2-1-5-15(16)21(13-25-31-23,14-26-32-24)30-29-19-20(9-11-33-12-10-20)28-18-8-4-3-7-17(18)27-19/h1-8,28,30H,9-14H2,(H,27,29). The first-order chi connectivity index (χ1) is 16.1. The van der Waals surface area contributed by atoms with Gasteiger partial charge in [-0.25, -0.2) is 10.4 Å². The minimum atomic E-state index is -1.08.